The van der Waals surface area contributed by atoms with Gasteiger partial charge in [0.1, 0.15) is 0 Å². The number of nitrogens with one attached hydrogen (secondary N) is 2. The van der Waals surface area contributed by atoms with Crippen LogP contribution in [-0.2, 0) is 4.79 Å². The molecule has 0 aliphatic heterocycles. The molecule has 3 nitrogen and oxygen atoms in total. The molecule has 0 saturated heterocycles. The molecule has 0 rings (SSSR count). The fourth-order valence-corrected chi connectivity index (χ4v) is 1.70. The Morgan fingerprint density at radius 2 is 1.64 bits per heavy atom. The second kappa shape index (κ2) is 4.78. The average Bonchev–Trinajstić information content (AvgIpc) is 2.01. The third-order valence-electron chi connectivity index (χ3n) is 2.36. The number of carbonyl (C=O) groups is 1. The number of hydrogen-bond acceptors (Lipinski definition) is 2. The van der Waals surface area contributed by atoms with Crippen molar-refractivity contribution >= 4 is 5.91 Å². The summed E-state index contributed by atoms with van der Waals surface area (Å²) in [6.45, 7) is 10.2. The molecule has 0 aromatic rings. The van der Waals surface area contributed by atoms with Gasteiger partial charge < -0.3 is 10.6 Å². The van der Waals surface area contributed by atoms with E-state index in [1.807, 2.05) is 14.0 Å². The summed E-state index contributed by atoms with van der Waals surface area (Å²) in [7, 11) is 1.94. The van der Waals surface area contributed by atoms with Gasteiger partial charge in [0.2, 0.25) is 5.91 Å². The average molecular weight is 200 g/mol. The van der Waals surface area contributed by atoms with E-state index in [0.717, 1.165) is 6.42 Å². The lowest BCUT2D eigenvalue weighted by Crippen LogP contribution is -2.51. The molecule has 0 heterocycles. The number of carbonyl (C=O) groups excluding carboxylic acids is 1. The van der Waals surface area contributed by atoms with Gasteiger partial charge in [0.05, 0.1) is 0 Å². The zero-order chi connectivity index (χ0) is 11.4. The Hall–Kier alpha value is -0.570. The van der Waals surface area contributed by atoms with Gasteiger partial charge in [-0.3, -0.25) is 4.79 Å². The maximum atomic E-state index is 11.3. The summed E-state index contributed by atoms with van der Waals surface area (Å²) >= 11 is 0. The molecular weight excluding hydrogens is 176 g/mol. The van der Waals surface area contributed by atoms with Gasteiger partial charge >= 0.3 is 0 Å². The molecule has 0 aromatic heterocycles. The van der Waals surface area contributed by atoms with E-state index in [4.69, 9.17) is 0 Å². The van der Waals surface area contributed by atoms with E-state index in [1.165, 1.54) is 0 Å². The van der Waals surface area contributed by atoms with Crippen LogP contribution in [0.25, 0.3) is 0 Å². The first-order valence-corrected chi connectivity index (χ1v) is 5.22. The summed E-state index contributed by atoms with van der Waals surface area (Å²) in [5, 5.41) is 6.25. The highest BCUT2D eigenvalue weighted by molar-refractivity contribution is 5.76. The first-order valence-electron chi connectivity index (χ1n) is 5.22. The van der Waals surface area contributed by atoms with Crippen molar-refractivity contribution in [2.45, 2.75) is 58.5 Å². The molecule has 1 amide bonds. The standard InChI is InChI=1S/C11H24N2O/c1-7-9(14)13-11(4,5)8-10(2,3)12-6/h12H,7-8H2,1-6H3,(H,13,14). The van der Waals surface area contributed by atoms with Crippen LogP contribution in [-0.4, -0.2) is 24.0 Å². The smallest absolute Gasteiger partial charge is 0.220 e. The maximum absolute atomic E-state index is 11.3. The Morgan fingerprint density at radius 3 is 2.00 bits per heavy atom. The van der Waals surface area contributed by atoms with Crippen molar-refractivity contribution in [1.29, 1.82) is 0 Å². The topological polar surface area (TPSA) is 41.1 Å². The van der Waals surface area contributed by atoms with E-state index in [-0.39, 0.29) is 17.0 Å². The summed E-state index contributed by atoms with van der Waals surface area (Å²) in [5.74, 6) is 0.113. The predicted octanol–water partition coefficient (Wildman–Crippen LogP) is 1.68. The van der Waals surface area contributed by atoms with Crippen molar-refractivity contribution in [3.8, 4) is 0 Å². The van der Waals surface area contributed by atoms with Crippen LogP contribution < -0.4 is 10.6 Å². The molecule has 0 aliphatic carbocycles. The van der Waals surface area contributed by atoms with Crippen LogP contribution in [0.5, 0.6) is 0 Å². The van der Waals surface area contributed by atoms with Crippen LogP contribution in [0, 0.1) is 0 Å². The van der Waals surface area contributed by atoms with Gasteiger partial charge in [0.15, 0.2) is 0 Å². The zero-order valence-electron chi connectivity index (χ0n) is 10.3. The summed E-state index contributed by atoms with van der Waals surface area (Å²) in [5.41, 5.74) is -0.107. The van der Waals surface area contributed by atoms with Gasteiger partial charge in [-0.2, -0.15) is 0 Å². The Balaban J connectivity index is 4.26. The number of rotatable bonds is 5. The molecule has 0 radical (unpaired) electrons. The maximum Gasteiger partial charge on any atom is 0.220 e. The predicted molar refractivity (Wildman–Crippen MR) is 60.3 cm³/mol. The van der Waals surface area contributed by atoms with Crippen LogP contribution >= 0.6 is 0 Å². The molecule has 84 valence electrons. The van der Waals surface area contributed by atoms with Crippen LogP contribution in [0.2, 0.25) is 0 Å². The highest BCUT2D eigenvalue weighted by Gasteiger charge is 2.28. The van der Waals surface area contributed by atoms with Gasteiger partial charge in [-0.05, 0) is 41.2 Å². The minimum absolute atomic E-state index is 0.0462. The Kier molecular flexibility index (Phi) is 4.59. The molecule has 0 unspecified atom stereocenters. The SMILES string of the molecule is CCC(=O)NC(C)(C)CC(C)(C)NC. The lowest BCUT2D eigenvalue weighted by atomic mass is 9.87. The molecule has 0 spiro atoms. The molecule has 3 heteroatoms. The van der Waals surface area contributed by atoms with E-state index in [9.17, 15) is 4.79 Å². The largest absolute Gasteiger partial charge is 0.351 e. The summed E-state index contributed by atoms with van der Waals surface area (Å²) in [6.07, 6.45) is 1.45. The second-order valence-corrected chi connectivity index (χ2v) is 5.10. The lowest BCUT2D eigenvalue weighted by Gasteiger charge is -2.35. The third kappa shape index (κ3) is 5.22. The van der Waals surface area contributed by atoms with Crippen molar-refractivity contribution in [2.24, 2.45) is 0 Å². The lowest BCUT2D eigenvalue weighted by molar-refractivity contribution is -0.122. The van der Waals surface area contributed by atoms with Crippen molar-refractivity contribution in [2.75, 3.05) is 7.05 Å². The highest BCUT2D eigenvalue weighted by atomic mass is 16.1. The van der Waals surface area contributed by atoms with Crippen molar-refractivity contribution in [3.63, 3.8) is 0 Å². The van der Waals surface area contributed by atoms with Gasteiger partial charge in [0, 0.05) is 17.5 Å². The monoisotopic (exact) mass is 200 g/mol. The van der Waals surface area contributed by atoms with E-state index >= 15 is 0 Å². The zero-order valence-corrected chi connectivity index (χ0v) is 10.3. The molecule has 0 saturated carbocycles. The second-order valence-electron chi connectivity index (χ2n) is 5.10. The fourth-order valence-electron chi connectivity index (χ4n) is 1.70. The van der Waals surface area contributed by atoms with Gasteiger partial charge in [-0.15, -0.1) is 0 Å². The summed E-state index contributed by atoms with van der Waals surface area (Å²) in [4.78, 5) is 11.3. The van der Waals surface area contributed by atoms with Crippen molar-refractivity contribution in [1.82, 2.24) is 10.6 Å². The van der Waals surface area contributed by atoms with E-state index in [1.54, 1.807) is 0 Å². The van der Waals surface area contributed by atoms with Gasteiger partial charge in [-0.1, -0.05) is 6.92 Å². The molecule has 0 fully saturated rings. The molecule has 0 aliphatic rings. The number of amides is 1. The molecule has 14 heavy (non-hydrogen) atoms. The van der Waals surface area contributed by atoms with Crippen LogP contribution in [0.3, 0.4) is 0 Å². The van der Waals surface area contributed by atoms with E-state index in [0.29, 0.717) is 6.42 Å². The van der Waals surface area contributed by atoms with Crippen LogP contribution in [0.15, 0.2) is 0 Å². The van der Waals surface area contributed by atoms with E-state index < -0.39 is 0 Å². The first-order chi connectivity index (χ1) is 6.22. The number of hydrogen-bond donors (Lipinski definition) is 2. The molecule has 0 atom stereocenters. The first kappa shape index (κ1) is 13.4. The Labute approximate surface area is 87.6 Å². The minimum atomic E-state index is -0.153. The van der Waals surface area contributed by atoms with Gasteiger partial charge in [-0.25, -0.2) is 0 Å². The molecule has 0 aromatic carbocycles. The van der Waals surface area contributed by atoms with Crippen LogP contribution in [0.1, 0.15) is 47.5 Å². The Bertz CT molecular complexity index is 197. The van der Waals surface area contributed by atoms with Crippen molar-refractivity contribution in [3.05, 3.63) is 0 Å². The highest BCUT2D eigenvalue weighted by Crippen LogP contribution is 2.19. The minimum Gasteiger partial charge on any atom is -0.351 e. The summed E-state index contributed by atoms with van der Waals surface area (Å²) in [6, 6.07) is 0. The Morgan fingerprint density at radius 1 is 1.14 bits per heavy atom. The molecular formula is C11H24N2O. The fraction of sp³-hybridized carbons (Fsp3) is 0.909. The van der Waals surface area contributed by atoms with Crippen LogP contribution in [0.4, 0.5) is 0 Å². The normalized spacial score (nSPS) is 12.7. The van der Waals surface area contributed by atoms with E-state index in [2.05, 4.69) is 38.3 Å². The third-order valence-corrected chi connectivity index (χ3v) is 2.36. The molecule has 0 bridgehead atoms. The van der Waals surface area contributed by atoms with Gasteiger partial charge in [0.25, 0.3) is 0 Å². The summed E-state index contributed by atoms with van der Waals surface area (Å²) < 4.78 is 0. The molecule has 2 N–H and O–H groups in total. The quantitative estimate of drug-likeness (QED) is 0.709. The van der Waals surface area contributed by atoms with Crippen molar-refractivity contribution < 1.29 is 4.79 Å².